The monoisotopic (exact) mass is 143 g/mol. The van der Waals surface area contributed by atoms with Crippen LogP contribution in [0.1, 0.15) is 25.7 Å². The molecule has 0 amide bonds. The number of halogens is 1. The minimum absolute atomic E-state index is 0.355. The van der Waals surface area contributed by atoms with Gasteiger partial charge >= 0.3 is 0 Å². The lowest BCUT2D eigenvalue weighted by atomic mass is 9.92. The largest absolute Gasteiger partial charge is 0.313 e. The normalized spacial score (nSPS) is 47.1. The Labute approximate surface area is 61.0 Å². The van der Waals surface area contributed by atoms with Gasteiger partial charge in [-0.25, -0.2) is 4.39 Å². The van der Waals surface area contributed by atoms with Gasteiger partial charge in [0.2, 0.25) is 0 Å². The molecule has 0 spiro atoms. The molecule has 0 aromatic heterocycles. The van der Waals surface area contributed by atoms with Crippen molar-refractivity contribution >= 4 is 0 Å². The molecule has 1 aliphatic heterocycles. The summed E-state index contributed by atoms with van der Waals surface area (Å²) >= 11 is 0. The van der Waals surface area contributed by atoms with Crippen LogP contribution in [0.4, 0.5) is 4.39 Å². The Hall–Kier alpha value is -0.110. The average Bonchev–Trinajstić information content (AvgIpc) is 2.36. The molecular weight excluding hydrogens is 129 g/mol. The summed E-state index contributed by atoms with van der Waals surface area (Å²) in [5.41, 5.74) is 0. The molecule has 3 unspecified atom stereocenters. The van der Waals surface area contributed by atoms with Crippen LogP contribution in [0.2, 0.25) is 0 Å². The first-order valence-electron chi connectivity index (χ1n) is 4.25. The second kappa shape index (κ2) is 2.50. The van der Waals surface area contributed by atoms with Crippen molar-refractivity contribution < 1.29 is 4.39 Å². The van der Waals surface area contributed by atoms with Crippen molar-refractivity contribution in [3.63, 3.8) is 0 Å². The SMILES string of the molecule is FC1CCNC2CCCC12. The van der Waals surface area contributed by atoms with Gasteiger partial charge in [-0.15, -0.1) is 0 Å². The predicted molar refractivity (Wildman–Crippen MR) is 38.6 cm³/mol. The fourth-order valence-corrected chi connectivity index (χ4v) is 2.30. The van der Waals surface area contributed by atoms with Crippen LogP contribution in [0.25, 0.3) is 0 Å². The molecule has 10 heavy (non-hydrogen) atoms. The van der Waals surface area contributed by atoms with Gasteiger partial charge in [0.05, 0.1) is 0 Å². The van der Waals surface area contributed by atoms with Crippen molar-refractivity contribution in [2.24, 2.45) is 5.92 Å². The molecule has 1 aliphatic carbocycles. The van der Waals surface area contributed by atoms with E-state index in [9.17, 15) is 4.39 Å². The van der Waals surface area contributed by atoms with E-state index in [1.54, 1.807) is 0 Å². The van der Waals surface area contributed by atoms with Crippen LogP contribution in [0.3, 0.4) is 0 Å². The zero-order valence-corrected chi connectivity index (χ0v) is 6.15. The fourth-order valence-electron chi connectivity index (χ4n) is 2.30. The van der Waals surface area contributed by atoms with Gasteiger partial charge in [0.15, 0.2) is 0 Å². The van der Waals surface area contributed by atoms with E-state index < -0.39 is 6.17 Å². The second-order valence-electron chi connectivity index (χ2n) is 3.46. The van der Waals surface area contributed by atoms with Crippen LogP contribution in [-0.2, 0) is 0 Å². The van der Waals surface area contributed by atoms with E-state index in [2.05, 4.69) is 5.32 Å². The number of rotatable bonds is 0. The quantitative estimate of drug-likeness (QED) is 0.541. The molecule has 1 nitrogen and oxygen atoms in total. The average molecular weight is 143 g/mol. The second-order valence-corrected chi connectivity index (χ2v) is 3.46. The van der Waals surface area contributed by atoms with Gasteiger partial charge in [-0.2, -0.15) is 0 Å². The first kappa shape index (κ1) is 6.59. The van der Waals surface area contributed by atoms with Crippen LogP contribution in [-0.4, -0.2) is 18.8 Å². The molecule has 58 valence electrons. The Balaban J connectivity index is 2.03. The summed E-state index contributed by atoms with van der Waals surface area (Å²) in [6.07, 6.45) is 3.77. The fraction of sp³-hybridized carbons (Fsp3) is 1.00. The smallest absolute Gasteiger partial charge is 0.106 e. The highest BCUT2D eigenvalue weighted by Crippen LogP contribution is 2.33. The molecule has 1 saturated heterocycles. The van der Waals surface area contributed by atoms with E-state index in [-0.39, 0.29) is 0 Å². The summed E-state index contributed by atoms with van der Waals surface area (Å²) in [5, 5.41) is 3.37. The van der Waals surface area contributed by atoms with E-state index in [4.69, 9.17) is 0 Å². The van der Waals surface area contributed by atoms with Crippen molar-refractivity contribution in [2.75, 3.05) is 6.54 Å². The van der Waals surface area contributed by atoms with E-state index >= 15 is 0 Å². The van der Waals surface area contributed by atoms with Crippen LogP contribution in [0.15, 0.2) is 0 Å². The lowest BCUT2D eigenvalue weighted by Crippen LogP contribution is -2.43. The van der Waals surface area contributed by atoms with Crippen LogP contribution >= 0.6 is 0 Å². The van der Waals surface area contributed by atoms with Gasteiger partial charge in [-0.05, 0) is 25.8 Å². The third-order valence-corrected chi connectivity index (χ3v) is 2.86. The molecule has 1 N–H and O–H groups in total. The molecule has 0 aromatic carbocycles. The maximum Gasteiger partial charge on any atom is 0.106 e. The Morgan fingerprint density at radius 2 is 2.10 bits per heavy atom. The number of fused-ring (bicyclic) bond motifs is 1. The van der Waals surface area contributed by atoms with Crippen molar-refractivity contribution in [1.29, 1.82) is 0 Å². The molecular formula is C8H14FN. The van der Waals surface area contributed by atoms with Crippen molar-refractivity contribution in [3.05, 3.63) is 0 Å². The molecule has 0 aromatic rings. The third-order valence-electron chi connectivity index (χ3n) is 2.86. The van der Waals surface area contributed by atoms with Gasteiger partial charge < -0.3 is 5.32 Å². The van der Waals surface area contributed by atoms with Crippen molar-refractivity contribution in [1.82, 2.24) is 5.32 Å². The number of hydrogen-bond acceptors (Lipinski definition) is 1. The summed E-state index contributed by atoms with van der Waals surface area (Å²) in [6.45, 7) is 0.891. The minimum atomic E-state index is -0.506. The lowest BCUT2D eigenvalue weighted by Gasteiger charge is -2.29. The van der Waals surface area contributed by atoms with E-state index in [1.165, 1.54) is 12.8 Å². The van der Waals surface area contributed by atoms with E-state index in [0.29, 0.717) is 12.0 Å². The molecule has 0 radical (unpaired) electrons. The summed E-state index contributed by atoms with van der Waals surface area (Å²) in [5.74, 6) is 0.355. The van der Waals surface area contributed by atoms with E-state index in [1.807, 2.05) is 0 Å². The van der Waals surface area contributed by atoms with Gasteiger partial charge in [0, 0.05) is 12.0 Å². The Morgan fingerprint density at radius 1 is 1.20 bits per heavy atom. The Bertz CT molecular complexity index is 126. The number of alkyl halides is 1. The number of piperidine rings is 1. The lowest BCUT2D eigenvalue weighted by molar-refractivity contribution is 0.154. The first-order valence-corrected chi connectivity index (χ1v) is 4.25. The van der Waals surface area contributed by atoms with Gasteiger partial charge in [-0.3, -0.25) is 0 Å². The Morgan fingerprint density at radius 3 is 2.90 bits per heavy atom. The van der Waals surface area contributed by atoms with Gasteiger partial charge in [-0.1, -0.05) is 6.42 Å². The summed E-state index contributed by atoms with van der Waals surface area (Å²) in [4.78, 5) is 0. The molecule has 1 heterocycles. The summed E-state index contributed by atoms with van der Waals surface area (Å²) in [7, 11) is 0. The molecule has 1 saturated carbocycles. The highest BCUT2D eigenvalue weighted by atomic mass is 19.1. The number of hydrogen-bond donors (Lipinski definition) is 1. The van der Waals surface area contributed by atoms with Crippen LogP contribution in [0, 0.1) is 5.92 Å². The maximum absolute atomic E-state index is 13.1. The predicted octanol–water partition coefficient (Wildman–Crippen LogP) is 1.49. The standard InChI is InChI=1S/C8H14FN/c9-7-4-5-10-8-3-1-2-6(7)8/h6-8,10H,1-5H2. The Kier molecular flexibility index (Phi) is 1.65. The first-order chi connectivity index (χ1) is 4.88. The van der Waals surface area contributed by atoms with Crippen molar-refractivity contribution in [2.45, 2.75) is 37.9 Å². The molecule has 2 rings (SSSR count). The maximum atomic E-state index is 13.1. The molecule has 2 heteroatoms. The van der Waals surface area contributed by atoms with Crippen molar-refractivity contribution in [3.8, 4) is 0 Å². The molecule has 2 fully saturated rings. The van der Waals surface area contributed by atoms with Crippen LogP contribution < -0.4 is 5.32 Å². The molecule has 0 bridgehead atoms. The van der Waals surface area contributed by atoms with E-state index in [0.717, 1.165) is 19.4 Å². The van der Waals surface area contributed by atoms with Gasteiger partial charge in [0.1, 0.15) is 6.17 Å². The topological polar surface area (TPSA) is 12.0 Å². The molecule has 2 aliphatic rings. The zero-order chi connectivity index (χ0) is 6.97. The van der Waals surface area contributed by atoms with Crippen LogP contribution in [0.5, 0.6) is 0 Å². The summed E-state index contributed by atoms with van der Waals surface area (Å²) in [6, 6.07) is 0.517. The molecule has 3 atom stereocenters. The highest BCUT2D eigenvalue weighted by Gasteiger charge is 2.36. The number of nitrogens with one attached hydrogen (secondary N) is 1. The van der Waals surface area contributed by atoms with Gasteiger partial charge in [0.25, 0.3) is 0 Å². The minimum Gasteiger partial charge on any atom is -0.313 e. The third kappa shape index (κ3) is 0.947. The summed E-state index contributed by atoms with van der Waals surface area (Å²) < 4.78 is 13.1. The highest BCUT2D eigenvalue weighted by molar-refractivity contribution is 4.91. The zero-order valence-electron chi connectivity index (χ0n) is 6.15.